The summed E-state index contributed by atoms with van der Waals surface area (Å²) < 4.78 is 170. The molecule has 3 nitrogen and oxygen atoms in total. The molecular weight excluding hydrogens is 435 g/mol. The summed E-state index contributed by atoms with van der Waals surface area (Å²) in [6, 6.07) is 0. The fraction of sp³-hybridized carbons (Fsp3) is 0.917. The van der Waals surface area contributed by atoms with Crippen LogP contribution in [0.25, 0.3) is 0 Å². The highest BCUT2D eigenvalue weighted by molar-refractivity contribution is 5.90. The van der Waals surface area contributed by atoms with Crippen molar-refractivity contribution in [3.63, 3.8) is 0 Å². The normalized spacial score (nSPS) is 18.4. The summed E-state index contributed by atoms with van der Waals surface area (Å²) in [4.78, 5) is 2.89. The minimum Gasteiger partial charge on any atom is -0.395 e. The third-order valence-corrected chi connectivity index (χ3v) is 3.73. The van der Waals surface area contributed by atoms with E-state index < -0.39 is 67.9 Å². The van der Waals surface area contributed by atoms with Gasteiger partial charge in [-0.05, 0) is 6.42 Å². The smallest absolute Gasteiger partial charge is 0.395 e. The Morgan fingerprint density at radius 3 is 1.64 bits per heavy atom. The number of hydrogen-bond acceptors (Lipinski definition) is 3. The molecule has 0 saturated heterocycles. The summed E-state index contributed by atoms with van der Waals surface area (Å²) in [5.74, 6) is -39.6. The number of amidine groups is 1. The zero-order chi connectivity index (χ0) is 22.4. The Kier molecular flexibility index (Phi) is 6.22. The first-order chi connectivity index (χ1) is 12.3. The summed E-state index contributed by atoms with van der Waals surface area (Å²) in [5.41, 5.74) is 0. The van der Waals surface area contributed by atoms with E-state index in [9.17, 15) is 57.1 Å². The molecule has 0 amide bonds. The molecule has 1 heterocycles. The van der Waals surface area contributed by atoms with Gasteiger partial charge in [0.1, 0.15) is 0 Å². The second kappa shape index (κ2) is 7.09. The second-order valence-corrected chi connectivity index (χ2v) is 5.64. The van der Waals surface area contributed by atoms with Crippen molar-refractivity contribution < 1.29 is 62.2 Å². The van der Waals surface area contributed by atoms with Crippen LogP contribution >= 0.6 is 0 Å². The summed E-state index contributed by atoms with van der Waals surface area (Å²) in [5, 5.41) is 8.67. The molecule has 0 saturated carbocycles. The van der Waals surface area contributed by atoms with Crippen LogP contribution in [-0.4, -0.2) is 77.9 Å². The molecule has 166 valence electrons. The molecule has 0 unspecified atom stereocenters. The Morgan fingerprint density at radius 1 is 0.750 bits per heavy atom. The molecule has 1 aliphatic rings. The minimum atomic E-state index is -7.94. The molecule has 1 aliphatic heterocycles. The van der Waals surface area contributed by atoms with Gasteiger partial charge in [0.25, 0.3) is 0 Å². The van der Waals surface area contributed by atoms with Gasteiger partial charge >= 0.3 is 35.8 Å². The van der Waals surface area contributed by atoms with Gasteiger partial charge in [0.05, 0.1) is 6.61 Å². The van der Waals surface area contributed by atoms with Gasteiger partial charge < -0.3 is 10.0 Å². The third-order valence-electron chi connectivity index (χ3n) is 3.73. The number of halogens is 13. The molecular formula is C12H11F13N2O. The summed E-state index contributed by atoms with van der Waals surface area (Å²) >= 11 is 0. The summed E-state index contributed by atoms with van der Waals surface area (Å²) in [6.07, 6.45) is -7.56. The van der Waals surface area contributed by atoms with Crippen molar-refractivity contribution in [2.75, 3.05) is 26.2 Å². The molecule has 16 heteroatoms. The molecule has 0 atom stereocenters. The molecule has 0 aromatic carbocycles. The van der Waals surface area contributed by atoms with Crippen molar-refractivity contribution in [2.45, 2.75) is 42.2 Å². The molecule has 28 heavy (non-hydrogen) atoms. The maximum absolute atomic E-state index is 14.0. The Labute approximate surface area is 147 Å². The number of aliphatic hydroxyl groups is 1. The van der Waals surface area contributed by atoms with Crippen LogP contribution in [0.15, 0.2) is 4.99 Å². The fourth-order valence-electron chi connectivity index (χ4n) is 2.20. The van der Waals surface area contributed by atoms with Gasteiger partial charge in [-0.1, -0.05) is 0 Å². The van der Waals surface area contributed by atoms with E-state index in [4.69, 9.17) is 5.11 Å². The van der Waals surface area contributed by atoms with Crippen molar-refractivity contribution in [2.24, 2.45) is 4.99 Å². The molecule has 0 fully saturated rings. The lowest BCUT2D eigenvalue weighted by Gasteiger charge is -2.42. The van der Waals surface area contributed by atoms with Gasteiger partial charge in [-0.15, -0.1) is 0 Å². The van der Waals surface area contributed by atoms with E-state index in [0.717, 1.165) is 0 Å². The zero-order valence-electron chi connectivity index (χ0n) is 13.3. The highest BCUT2D eigenvalue weighted by Crippen LogP contribution is 2.60. The first kappa shape index (κ1) is 24.6. The molecule has 0 aliphatic carbocycles. The number of rotatable bonds is 7. The monoisotopic (exact) mass is 446 g/mol. The maximum Gasteiger partial charge on any atom is 0.460 e. The largest absolute Gasteiger partial charge is 0.460 e. The molecule has 1 N–H and O–H groups in total. The van der Waals surface area contributed by atoms with E-state index in [1.54, 1.807) is 0 Å². The maximum atomic E-state index is 14.0. The molecule has 0 aromatic heterocycles. The Morgan fingerprint density at radius 2 is 1.21 bits per heavy atom. The zero-order valence-corrected chi connectivity index (χ0v) is 13.3. The van der Waals surface area contributed by atoms with Crippen LogP contribution in [0.5, 0.6) is 0 Å². The van der Waals surface area contributed by atoms with Gasteiger partial charge in [0, 0.05) is 19.6 Å². The molecule has 1 rings (SSSR count). The van der Waals surface area contributed by atoms with E-state index >= 15 is 0 Å². The van der Waals surface area contributed by atoms with Crippen molar-refractivity contribution in [1.29, 1.82) is 0 Å². The van der Waals surface area contributed by atoms with Gasteiger partial charge in [0.2, 0.25) is 0 Å². The number of hydrogen-bond donors (Lipinski definition) is 1. The van der Waals surface area contributed by atoms with Crippen molar-refractivity contribution in [1.82, 2.24) is 4.90 Å². The minimum absolute atomic E-state index is 0.105. The van der Waals surface area contributed by atoms with Crippen molar-refractivity contribution in [3.8, 4) is 0 Å². The first-order valence-electron chi connectivity index (χ1n) is 7.17. The lowest BCUT2D eigenvalue weighted by atomic mass is 9.92. The van der Waals surface area contributed by atoms with E-state index in [-0.39, 0.29) is 11.3 Å². The van der Waals surface area contributed by atoms with Crippen LogP contribution in [0.2, 0.25) is 0 Å². The van der Waals surface area contributed by atoms with Gasteiger partial charge in [-0.3, -0.25) is 4.99 Å². The lowest BCUT2D eigenvalue weighted by molar-refractivity contribution is -0.435. The van der Waals surface area contributed by atoms with E-state index in [1.807, 2.05) is 0 Å². The number of nitrogens with zero attached hydrogens (tertiary/aromatic N) is 2. The Balaban J connectivity index is 3.51. The van der Waals surface area contributed by atoms with Crippen LogP contribution in [0.4, 0.5) is 57.1 Å². The molecule has 0 spiro atoms. The van der Waals surface area contributed by atoms with E-state index in [0.29, 0.717) is 0 Å². The average molecular weight is 446 g/mol. The van der Waals surface area contributed by atoms with Crippen molar-refractivity contribution >= 4 is 5.84 Å². The summed E-state index contributed by atoms with van der Waals surface area (Å²) in [7, 11) is 0. The first-order valence-corrected chi connectivity index (χ1v) is 7.17. The number of aliphatic imine (C=N–C) groups is 1. The predicted octanol–water partition coefficient (Wildman–Crippen LogP) is 3.82. The second-order valence-electron chi connectivity index (χ2n) is 5.64. The highest BCUT2D eigenvalue weighted by Gasteiger charge is 2.91. The topological polar surface area (TPSA) is 35.8 Å². The lowest BCUT2D eigenvalue weighted by Crippen LogP contribution is -2.72. The van der Waals surface area contributed by atoms with E-state index in [2.05, 4.69) is 4.99 Å². The Bertz CT molecular complexity index is 599. The molecule has 0 radical (unpaired) electrons. The van der Waals surface area contributed by atoms with E-state index in [1.165, 1.54) is 0 Å². The Hall–Kier alpha value is -1.48. The molecule has 0 aromatic rings. The third kappa shape index (κ3) is 3.36. The number of aliphatic hydroxyl groups excluding tert-OH is 1. The van der Waals surface area contributed by atoms with Crippen LogP contribution < -0.4 is 0 Å². The van der Waals surface area contributed by atoms with Gasteiger partial charge in [-0.2, -0.15) is 57.1 Å². The fourth-order valence-corrected chi connectivity index (χ4v) is 2.20. The van der Waals surface area contributed by atoms with Crippen molar-refractivity contribution in [3.05, 3.63) is 0 Å². The van der Waals surface area contributed by atoms with Crippen LogP contribution in [-0.2, 0) is 0 Å². The van der Waals surface area contributed by atoms with Gasteiger partial charge in [-0.25, -0.2) is 0 Å². The van der Waals surface area contributed by atoms with Crippen LogP contribution in [0, 0.1) is 0 Å². The van der Waals surface area contributed by atoms with Crippen LogP contribution in [0.3, 0.4) is 0 Å². The number of alkyl halides is 13. The predicted molar refractivity (Wildman–Crippen MR) is 66.4 cm³/mol. The SMILES string of the molecule is OCCN1CCCN=C1C(F)(F)C(F)(F)C(F)(F)C(F)(F)C(F)(F)C(F)(F)F. The van der Waals surface area contributed by atoms with Crippen LogP contribution in [0.1, 0.15) is 6.42 Å². The summed E-state index contributed by atoms with van der Waals surface area (Å²) in [6.45, 7) is -3.15. The average Bonchev–Trinajstić information content (AvgIpc) is 2.53. The number of β-amino-alcohol motifs (C(OH)–C–C–N with tert-alkyl or cyclic N) is 1. The van der Waals surface area contributed by atoms with Gasteiger partial charge in [0.15, 0.2) is 5.84 Å². The highest BCUT2D eigenvalue weighted by atomic mass is 19.4. The quantitative estimate of drug-likeness (QED) is 0.604. The molecule has 0 bridgehead atoms. The standard InChI is InChI=1S/C12H11F13N2O/c13-7(14,6-26-2-1-3-27(6)4-5-28)8(15,16)9(17,18)10(19,20)11(21,22)12(23,24)25/h28H,1-5H2.